The maximum absolute atomic E-state index is 10.4. The molecule has 0 amide bonds. The number of hydrogen-bond donors (Lipinski definition) is 1. The van der Waals surface area contributed by atoms with Gasteiger partial charge in [-0.3, -0.25) is 4.90 Å². The molecule has 0 spiro atoms. The molecule has 0 radical (unpaired) electrons. The molecule has 3 aromatic rings. The monoisotopic (exact) mass is 354 g/mol. The van der Waals surface area contributed by atoms with Crippen molar-refractivity contribution in [3.8, 4) is 0 Å². The van der Waals surface area contributed by atoms with Crippen LogP contribution in [0.5, 0.6) is 0 Å². The molecule has 2 aromatic heterocycles. The Labute approximate surface area is 154 Å². The number of furan rings is 1. The zero-order valence-corrected chi connectivity index (χ0v) is 15.1. The molecule has 0 saturated carbocycles. The number of aromatic nitrogens is 1. The summed E-state index contributed by atoms with van der Waals surface area (Å²) in [4.78, 5) is 2.17. The number of hydrogen-bond acceptors (Lipinski definition) is 4. The van der Waals surface area contributed by atoms with Gasteiger partial charge in [0.25, 0.3) is 0 Å². The van der Waals surface area contributed by atoms with Crippen molar-refractivity contribution in [2.24, 2.45) is 7.05 Å². The van der Waals surface area contributed by atoms with Gasteiger partial charge in [-0.15, -0.1) is 0 Å². The van der Waals surface area contributed by atoms with Crippen molar-refractivity contribution in [1.82, 2.24) is 9.47 Å². The van der Waals surface area contributed by atoms with Gasteiger partial charge in [-0.25, -0.2) is 0 Å². The van der Waals surface area contributed by atoms with Gasteiger partial charge < -0.3 is 18.8 Å². The molecule has 1 atom stereocenters. The molecule has 0 aliphatic rings. The van der Waals surface area contributed by atoms with Gasteiger partial charge in [-0.1, -0.05) is 30.3 Å². The Morgan fingerprint density at radius 2 is 1.92 bits per heavy atom. The van der Waals surface area contributed by atoms with Crippen LogP contribution in [0.15, 0.2) is 71.5 Å². The van der Waals surface area contributed by atoms with Crippen molar-refractivity contribution >= 4 is 0 Å². The molecule has 0 unspecified atom stereocenters. The summed E-state index contributed by atoms with van der Waals surface area (Å²) in [5, 5.41) is 10.4. The zero-order chi connectivity index (χ0) is 18.2. The van der Waals surface area contributed by atoms with Crippen LogP contribution in [0.2, 0.25) is 0 Å². The molecule has 5 nitrogen and oxygen atoms in total. The van der Waals surface area contributed by atoms with Crippen molar-refractivity contribution in [3.05, 3.63) is 84.1 Å². The topological polar surface area (TPSA) is 50.8 Å². The zero-order valence-electron chi connectivity index (χ0n) is 15.1. The van der Waals surface area contributed by atoms with E-state index in [2.05, 4.69) is 15.5 Å². The lowest BCUT2D eigenvalue weighted by Crippen LogP contribution is -2.34. The molecule has 1 aromatic carbocycles. The van der Waals surface area contributed by atoms with Crippen LogP contribution >= 0.6 is 0 Å². The van der Waals surface area contributed by atoms with Crippen molar-refractivity contribution in [1.29, 1.82) is 0 Å². The van der Waals surface area contributed by atoms with Crippen molar-refractivity contribution in [3.63, 3.8) is 0 Å². The summed E-state index contributed by atoms with van der Waals surface area (Å²) in [5.74, 6) is 0.886. The lowest BCUT2D eigenvalue weighted by molar-refractivity contribution is 0.00581. The summed E-state index contributed by atoms with van der Waals surface area (Å²) in [6.07, 6.45) is 3.14. The Hall–Kier alpha value is -2.34. The number of aryl methyl sites for hydroxylation is 1. The highest BCUT2D eigenvalue weighted by atomic mass is 16.5. The maximum atomic E-state index is 10.4. The van der Waals surface area contributed by atoms with Crippen LogP contribution < -0.4 is 0 Å². The van der Waals surface area contributed by atoms with E-state index in [1.165, 1.54) is 5.69 Å². The molecule has 3 rings (SSSR count). The second kappa shape index (κ2) is 9.38. The Bertz CT molecular complexity index is 753. The Kier molecular flexibility index (Phi) is 6.66. The van der Waals surface area contributed by atoms with Gasteiger partial charge in [-0.05, 0) is 29.8 Å². The molecule has 5 heteroatoms. The number of rotatable bonds is 10. The fourth-order valence-electron chi connectivity index (χ4n) is 2.94. The van der Waals surface area contributed by atoms with Gasteiger partial charge in [0.2, 0.25) is 0 Å². The molecular formula is C21H26N2O3. The molecule has 2 heterocycles. The largest absolute Gasteiger partial charge is 0.468 e. The molecule has 0 aliphatic heterocycles. The standard InChI is InChI=1S/C21H26N2O3/c1-22-11-5-9-19(22)13-23(15-21-10-6-12-26-21)14-20(24)17-25-16-18-7-3-2-4-8-18/h2-12,20,24H,13-17H2,1H3/t20-/m0/s1. The van der Waals surface area contributed by atoms with Crippen LogP contribution in [0, 0.1) is 0 Å². The average molecular weight is 354 g/mol. The predicted octanol–water partition coefficient (Wildman–Crippen LogP) is 3.20. The van der Waals surface area contributed by atoms with E-state index in [4.69, 9.17) is 9.15 Å². The van der Waals surface area contributed by atoms with Crippen molar-refractivity contribution in [2.45, 2.75) is 25.8 Å². The normalized spacial score (nSPS) is 12.6. The first-order chi connectivity index (χ1) is 12.7. The van der Waals surface area contributed by atoms with E-state index in [1.807, 2.05) is 61.8 Å². The van der Waals surface area contributed by atoms with Crippen LogP contribution in [0.4, 0.5) is 0 Å². The first kappa shape index (κ1) is 18.5. The predicted molar refractivity (Wildman–Crippen MR) is 100 cm³/mol. The molecular weight excluding hydrogens is 328 g/mol. The van der Waals surface area contributed by atoms with E-state index in [-0.39, 0.29) is 0 Å². The third kappa shape index (κ3) is 5.59. The average Bonchev–Trinajstić information content (AvgIpc) is 3.28. The van der Waals surface area contributed by atoms with E-state index >= 15 is 0 Å². The number of ether oxygens (including phenoxy) is 1. The summed E-state index contributed by atoms with van der Waals surface area (Å²) in [6, 6.07) is 17.9. The van der Waals surface area contributed by atoms with Crippen LogP contribution in [0.1, 0.15) is 17.0 Å². The Balaban J connectivity index is 1.53. The lowest BCUT2D eigenvalue weighted by Gasteiger charge is -2.24. The van der Waals surface area contributed by atoms with E-state index in [1.54, 1.807) is 6.26 Å². The second-order valence-corrected chi connectivity index (χ2v) is 6.51. The van der Waals surface area contributed by atoms with Crippen LogP contribution in [0.25, 0.3) is 0 Å². The van der Waals surface area contributed by atoms with E-state index in [0.29, 0.717) is 26.3 Å². The van der Waals surface area contributed by atoms with Gasteiger partial charge in [0.15, 0.2) is 0 Å². The first-order valence-electron chi connectivity index (χ1n) is 8.85. The highest BCUT2D eigenvalue weighted by Crippen LogP contribution is 2.12. The van der Waals surface area contributed by atoms with Crippen LogP contribution in [-0.4, -0.2) is 33.8 Å². The molecule has 0 bridgehead atoms. The molecule has 0 aliphatic carbocycles. The van der Waals surface area contributed by atoms with Crippen molar-refractivity contribution < 1.29 is 14.3 Å². The van der Waals surface area contributed by atoms with Gasteiger partial charge >= 0.3 is 0 Å². The Morgan fingerprint density at radius 3 is 2.62 bits per heavy atom. The smallest absolute Gasteiger partial charge is 0.117 e. The molecule has 0 fully saturated rings. The first-order valence-corrected chi connectivity index (χ1v) is 8.85. The number of aliphatic hydroxyl groups is 1. The second-order valence-electron chi connectivity index (χ2n) is 6.51. The summed E-state index contributed by atoms with van der Waals surface area (Å²) in [5.41, 5.74) is 2.30. The molecule has 1 N–H and O–H groups in total. The minimum Gasteiger partial charge on any atom is -0.468 e. The number of nitrogens with zero attached hydrogens (tertiary/aromatic N) is 2. The molecule has 138 valence electrons. The quantitative estimate of drug-likeness (QED) is 0.607. The fourth-order valence-corrected chi connectivity index (χ4v) is 2.94. The molecule has 0 saturated heterocycles. The highest BCUT2D eigenvalue weighted by Gasteiger charge is 2.15. The minimum absolute atomic E-state index is 0.302. The summed E-state index contributed by atoms with van der Waals surface area (Å²) in [6.45, 7) is 2.71. The lowest BCUT2D eigenvalue weighted by atomic mass is 10.2. The number of aliphatic hydroxyl groups excluding tert-OH is 1. The van der Waals surface area contributed by atoms with Crippen LogP contribution in [0.3, 0.4) is 0 Å². The SMILES string of the molecule is Cn1cccc1CN(Cc1ccco1)C[C@H](O)COCc1ccccc1. The highest BCUT2D eigenvalue weighted by molar-refractivity contribution is 5.13. The Morgan fingerprint density at radius 1 is 1.08 bits per heavy atom. The third-order valence-corrected chi connectivity index (χ3v) is 4.29. The fraction of sp³-hybridized carbons (Fsp3) is 0.333. The van der Waals surface area contributed by atoms with Gasteiger partial charge in [0.1, 0.15) is 5.76 Å². The minimum atomic E-state index is -0.561. The maximum Gasteiger partial charge on any atom is 0.117 e. The van der Waals surface area contributed by atoms with E-state index in [0.717, 1.165) is 17.9 Å². The summed E-state index contributed by atoms with van der Waals surface area (Å²) < 4.78 is 13.2. The van der Waals surface area contributed by atoms with E-state index < -0.39 is 6.10 Å². The van der Waals surface area contributed by atoms with Crippen molar-refractivity contribution in [2.75, 3.05) is 13.2 Å². The van der Waals surface area contributed by atoms with Crippen LogP contribution in [-0.2, 0) is 31.5 Å². The summed E-state index contributed by atoms with van der Waals surface area (Å²) >= 11 is 0. The summed E-state index contributed by atoms with van der Waals surface area (Å²) in [7, 11) is 2.03. The van der Waals surface area contributed by atoms with Gasteiger partial charge in [0, 0.05) is 32.0 Å². The van der Waals surface area contributed by atoms with Gasteiger partial charge in [0.05, 0.1) is 32.1 Å². The van der Waals surface area contributed by atoms with Gasteiger partial charge in [-0.2, -0.15) is 0 Å². The van der Waals surface area contributed by atoms with E-state index in [9.17, 15) is 5.11 Å². The molecule has 26 heavy (non-hydrogen) atoms. The number of benzene rings is 1. The third-order valence-electron chi connectivity index (χ3n) is 4.29.